The van der Waals surface area contributed by atoms with E-state index in [0.717, 1.165) is 22.3 Å². The maximum atomic E-state index is 12.7. The van der Waals surface area contributed by atoms with Gasteiger partial charge in [-0.15, -0.1) is 0 Å². The van der Waals surface area contributed by atoms with Gasteiger partial charge in [-0.2, -0.15) is 8.42 Å². The molecular formula is C32H29N2O8S2+. The lowest BCUT2D eigenvalue weighted by molar-refractivity contribution is -0.849. The molecule has 4 aromatic carbocycles. The van der Waals surface area contributed by atoms with Gasteiger partial charge in [0.2, 0.25) is 5.88 Å². The van der Waals surface area contributed by atoms with Crippen molar-refractivity contribution < 1.29 is 40.3 Å². The SMILES string of the molecule is O=S(=O)(O)C[NH+]1c2cc(-c3ccccc3)ccc2OC1C=C1Oc2ccc(-c3ccccc3)cc2[N+]12CCCC2S(=O)(=O)[O-]. The fraction of sp³-hybridized carbons (Fsp3) is 0.188. The zero-order valence-corrected chi connectivity index (χ0v) is 25.0. The maximum Gasteiger partial charge on any atom is 0.316 e. The van der Waals surface area contributed by atoms with Crippen LogP contribution in [0.3, 0.4) is 0 Å². The molecule has 3 heterocycles. The number of nitrogens with zero attached hydrogens (tertiary/aromatic N) is 1. The van der Waals surface area contributed by atoms with Gasteiger partial charge in [0.05, 0.1) is 6.54 Å². The predicted octanol–water partition coefficient (Wildman–Crippen LogP) is 4.01. The second-order valence-corrected chi connectivity index (χ2v) is 14.2. The molecule has 7 rings (SSSR count). The summed E-state index contributed by atoms with van der Waals surface area (Å²) < 4.78 is 84.8. The number of ether oxygens (including phenoxy) is 2. The van der Waals surface area contributed by atoms with Crippen molar-refractivity contribution in [3.05, 3.63) is 109 Å². The summed E-state index contributed by atoms with van der Waals surface area (Å²) in [5, 5.41) is -1.35. The van der Waals surface area contributed by atoms with Crippen molar-refractivity contribution in [2.75, 3.05) is 12.4 Å². The molecule has 4 unspecified atom stereocenters. The van der Waals surface area contributed by atoms with Crippen LogP contribution in [0.25, 0.3) is 22.3 Å². The Labute approximate surface area is 255 Å². The van der Waals surface area contributed by atoms with Gasteiger partial charge in [0.1, 0.15) is 6.08 Å². The molecule has 0 bridgehead atoms. The zero-order chi connectivity index (χ0) is 30.7. The molecule has 10 nitrogen and oxygen atoms in total. The molecular weight excluding hydrogens is 604 g/mol. The molecule has 0 radical (unpaired) electrons. The quantitative estimate of drug-likeness (QED) is 0.240. The fourth-order valence-corrected chi connectivity index (χ4v) is 8.58. The molecule has 0 aromatic heterocycles. The van der Waals surface area contributed by atoms with Crippen LogP contribution in [-0.4, -0.2) is 50.0 Å². The Kier molecular flexibility index (Phi) is 6.88. The van der Waals surface area contributed by atoms with E-state index in [1.807, 2.05) is 84.9 Å². The number of nitrogens with one attached hydrogen (secondary N) is 1. The van der Waals surface area contributed by atoms with Crippen molar-refractivity contribution in [1.82, 2.24) is 4.48 Å². The molecule has 226 valence electrons. The Hall–Kier alpha value is -4.04. The Balaban J connectivity index is 1.35. The maximum absolute atomic E-state index is 12.7. The summed E-state index contributed by atoms with van der Waals surface area (Å²) in [5.41, 5.74) is 4.53. The van der Waals surface area contributed by atoms with E-state index >= 15 is 0 Å². The average molecular weight is 634 g/mol. The topological polar surface area (TPSA) is 134 Å². The number of fused-ring (bicyclic) bond motifs is 3. The first-order valence-electron chi connectivity index (χ1n) is 14.1. The second-order valence-electron chi connectivity index (χ2n) is 11.2. The number of hydrogen-bond donors (Lipinski definition) is 2. The van der Waals surface area contributed by atoms with E-state index in [0.29, 0.717) is 29.3 Å². The van der Waals surface area contributed by atoms with Crippen LogP contribution >= 0.6 is 0 Å². The van der Waals surface area contributed by atoms with E-state index in [-0.39, 0.29) is 28.2 Å². The van der Waals surface area contributed by atoms with E-state index < -0.39 is 37.7 Å². The highest BCUT2D eigenvalue weighted by atomic mass is 32.2. The highest BCUT2D eigenvalue weighted by molar-refractivity contribution is 7.86. The fourth-order valence-electron chi connectivity index (χ4n) is 6.65. The molecule has 3 aliphatic heterocycles. The molecule has 4 atom stereocenters. The van der Waals surface area contributed by atoms with Crippen LogP contribution < -0.4 is 18.9 Å². The number of rotatable bonds is 6. The van der Waals surface area contributed by atoms with Crippen molar-refractivity contribution in [3.8, 4) is 33.8 Å². The van der Waals surface area contributed by atoms with Gasteiger partial charge in [-0.05, 0) is 34.4 Å². The van der Waals surface area contributed by atoms with Crippen LogP contribution in [0.4, 0.5) is 11.4 Å². The molecule has 4 aromatic rings. The van der Waals surface area contributed by atoms with Crippen LogP contribution in [0.1, 0.15) is 12.8 Å². The molecule has 0 saturated carbocycles. The molecule has 44 heavy (non-hydrogen) atoms. The van der Waals surface area contributed by atoms with Gasteiger partial charge in [0.25, 0.3) is 6.23 Å². The average Bonchev–Trinajstić information content (AvgIpc) is 3.68. The first-order chi connectivity index (χ1) is 21.0. The third kappa shape index (κ3) is 4.99. The van der Waals surface area contributed by atoms with Crippen molar-refractivity contribution in [2.24, 2.45) is 0 Å². The number of benzene rings is 4. The standard InChI is InChI=1S/C32H28N2O8S2/c35-43(36,37)21-33-26-18-24(22-8-3-1-4-9-22)13-15-28(26)41-30(33)20-31-34(17-7-12-32(34)44(38,39)40)27-19-25(14-16-29(27)42-31)23-10-5-2-6-11-23/h1-6,8-11,13-16,18-20,30,32H,7,12,17,21H2,(H-,35,36,37,38,39,40)/p+1. The minimum Gasteiger partial charge on any atom is -0.743 e. The van der Waals surface area contributed by atoms with Crippen LogP contribution in [0.15, 0.2) is 109 Å². The molecule has 1 spiro atoms. The van der Waals surface area contributed by atoms with Gasteiger partial charge in [0, 0.05) is 25.0 Å². The molecule has 12 heteroatoms. The Morgan fingerprint density at radius 2 is 1.45 bits per heavy atom. The third-order valence-corrected chi connectivity index (χ3v) is 10.5. The van der Waals surface area contributed by atoms with Crippen LogP contribution in [0.2, 0.25) is 0 Å². The lowest BCUT2D eigenvalue weighted by Gasteiger charge is -2.35. The van der Waals surface area contributed by atoms with Gasteiger partial charge in [-0.1, -0.05) is 72.8 Å². The third-order valence-electron chi connectivity index (χ3n) is 8.55. The van der Waals surface area contributed by atoms with Crippen LogP contribution in [-0.2, 0) is 20.2 Å². The zero-order valence-electron chi connectivity index (χ0n) is 23.4. The summed E-state index contributed by atoms with van der Waals surface area (Å²) in [6.45, 7) is 0.286. The summed E-state index contributed by atoms with van der Waals surface area (Å²) in [4.78, 5) is 0.274. The lowest BCUT2D eigenvalue weighted by atomic mass is 10.0. The highest BCUT2D eigenvalue weighted by Crippen LogP contribution is 2.52. The summed E-state index contributed by atoms with van der Waals surface area (Å²) >= 11 is 0. The smallest absolute Gasteiger partial charge is 0.316 e. The van der Waals surface area contributed by atoms with Gasteiger partial charge < -0.3 is 14.0 Å². The molecule has 0 amide bonds. The minimum atomic E-state index is -4.80. The van der Waals surface area contributed by atoms with Crippen molar-refractivity contribution >= 4 is 31.6 Å². The van der Waals surface area contributed by atoms with Gasteiger partial charge in [-0.25, -0.2) is 17.8 Å². The molecule has 2 N–H and O–H groups in total. The van der Waals surface area contributed by atoms with E-state index in [2.05, 4.69) is 0 Å². The van der Waals surface area contributed by atoms with Crippen molar-refractivity contribution in [3.63, 3.8) is 0 Å². The summed E-state index contributed by atoms with van der Waals surface area (Å²) in [6, 6.07) is 30.0. The first-order valence-corrected chi connectivity index (χ1v) is 17.2. The molecule has 1 fully saturated rings. The lowest BCUT2D eigenvalue weighted by Crippen LogP contribution is -3.11. The van der Waals surface area contributed by atoms with Crippen molar-refractivity contribution in [2.45, 2.75) is 24.4 Å². The van der Waals surface area contributed by atoms with Gasteiger partial charge in [0.15, 0.2) is 38.4 Å². The largest absolute Gasteiger partial charge is 0.743 e. The molecule has 3 aliphatic rings. The van der Waals surface area contributed by atoms with Crippen LogP contribution in [0, 0.1) is 0 Å². The first kappa shape index (κ1) is 28.7. The Bertz CT molecular complexity index is 2000. The van der Waals surface area contributed by atoms with E-state index in [1.54, 1.807) is 18.2 Å². The minimum absolute atomic E-state index is 0.134. The number of hydrogen-bond acceptors (Lipinski definition) is 7. The molecule has 0 aliphatic carbocycles. The Morgan fingerprint density at radius 1 is 0.841 bits per heavy atom. The summed E-state index contributed by atoms with van der Waals surface area (Å²) in [5.74, 6) is 0.278. The monoisotopic (exact) mass is 633 g/mol. The predicted molar refractivity (Wildman–Crippen MR) is 163 cm³/mol. The second kappa shape index (κ2) is 10.5. The Morgan fingerprint density at radius 3 is 2.07 bits per heavy atom. The molecule has 1 saturated heterocycles. The van der Waals surface area contributed by atoms with Crippen LogP contribution in [0.5, 0.6) is 11.5 Å². The van der Waals surface area contributed by atoms with Gasteiger partial charge in [-0.3, -0.25) is 4.55 Å². The van der Waals surface area contributed by atoms with Gasteiger partial charge >= 0.3 is 16.0 Å². The number of quaternary nitrogens is 2. The van der Waals surface area contributed by atoms with E-state index in [9.17, 15) is 25.9 Å². The summed E-state index contributed by atoms with van der Waals surface area (Å²) in [6.07, 6.45) is 1.13. The normalized spacial score (nSPS) is 25.0. The van der Waals surface area contributed by atoms with Crippen molar-refractivity contribution in [1.29, 1.82) is 0 Å². The van der Waals surface area contributed by atoms with E-state index in [1.165, 1.54) is 0 Å². The van der Waals surface area contributed by atoms with E-state index in [4.69, 9.17) is 9.47 Å². The highest BCUT2D eigenvalue weighted by Gasteiger charge is 2.58. The summed E-state index contributed by atoms with van der Waals surface area (Å²) in [7, 11) is -9.28.